The lowest BCUT2D eigenvalue weighted by atomic mass is 10.1. The zero-order valence-electron chi connectivity index (χ0n) is 15.8. The number of benzene rings is 2. The molecule has 3 aromatic rings. The van der Waals surface area contributed by atoms with Crippen LogP contribution in [-0.4, -0.2) is 33.0 Å². The zero-order valence-corrected chi connectivity index (χ0v) is 18.2. The topological polar surface area (TPSA) is 83.1 Å². The van der Waals surface area contributed by atoms with E-state index < -0.39 is 25.9 Å². The quantitative estimate of drug-likeness (QED) is 0.436. The summed E-state index contributed by atoms with van der Waals surface area (Å²) in [5, 5.41) is 5.39. The van der Waals surface area contributed by atoms with Crippen LogP contribution >= 0.6 is 22.9 Å². The molecule has 1 heterocycles. The fraction of sp³-hybridized carbons (Fsp3) is 0.211. The molecule has 160 valence electrons. The Morgan fingerprint density at radius 1 is 1.20 bits per heavy atom. The molecule has 6 nitrogen and oxygen atoms in total. The van der Waals surface area contributed by atoms with Gasteiger partial charge in [-0.25, -0.2) is 17.8 Å². The Balaban J connectivity index is 1.72. The van der Waals surface area contributed by atoms with Crippen LogP contribution < -0.4 is 15.4 Å². The third-order valence-electron chi connectivity index (χ3n) is 4.28. The van der Waals surface area contributed by atoms with Gasteiger partial charge in [0.15, 0.2) is 10.3 Å². The number of sulfonamides is 1. The Labute approximate surface area is 182 Å². The molecule has 3 rings (SSSR count). The normalized spacial score (nSPS) is 12.5. The van der Waals surface area contributed by atoms with Gasteiger partial charge in [-0.2, -0.15) is 4.39 Å². The Bertz CT molecular complexity index is 1110. The molecule has 1 atom stereocenters. The van der Waals surface area contributed by atoms with Gasteiger partial charge in [-0.15, -0.1) is 0 Å². The summed E-state index contributed by atoms with van der Waals surface area (Å²) >= 11 is 6.68. The van der Waals surface area contributed by atoms with Crippen molar-refractivity contribution >= 4 is 43.8 Å². The van der Waals surface area contributed by atoms with E-state index in [0.717, 1.165) is 30.3 Å². The van der Waals surface area contributed by atoms with Gasteiger partial charge >= 0.3 is 0 Å². The Morgan fingerprint density at radius 2 is 1.93 bits per heavy atom. The van der Waals surface area contributed by atoms with E-state index in [9.17, 15) is 17.2 Å². The second-order valence-electron chi connectivity index (χ2n) is 6.39. The number of aromatic nitrogens is 1. The highest BCUT2D eigenvalue weighted by atomic mass is 35.5. The molecular weight excluding hydrogens is 454 g/mol. The Hall–Kier alpha value is -2.27. The first kappa shape index (κ1) is 22.4. The highest BCUT2D eigenvalue weighted by Gasteiger charge is 2.23. The van der Waals surface area contributed by atoms with Crippen LogP contribution in [0.3, 0.4) is 0 Å². The molecule has 0 bridgehead atoms. The summed E-state index contributed by atoms with van der Waals surface area (Å²) in [6.45, 7) is 0.438. The summed E-state index contributed by atoms with van der Waals surface area (Å²) in [4.78, 5) is 2.92. The van der Waals surface area contributed by atoms with Gasteiger partial charge in [-0.3, -0.25) is 4.72 Å². The largest absolute Gasteiger partial charge is 0.382 e. The lowest BCUT2D eigenvalue weighted by molar-refractivity contribution is 0.568. The number of anilines is 2. The van der Waals surface area contributed by atoms with Crippen molar-refractivity contribution in [2.24, 2.45) is 0 Å². The third-order valence-corrected chi connectivity index (χ3v) is 6.78. The van der Waals surface area contributed by atoms with Crippen molar-refractivity contribution in [1.29, 1.82) is 0 Å². The van der Waals surface area contributed by atoms with Crippen LogP contribution in [0.1, 0.15) is 5.56 Å². The van der Waals surface area contributed by atoms with Crippen LogP contribution in [0.5, 0.6) is 0 Å². The molecule has 3 N–H and O–H groups in total. The minimum atomic E-state index is -4.31. The number of halogens is 3. The summed E-state index contributed by atoms with van der Waals surface area (Å²) in [6, 6.07) is 11.9. The van der Waals surface area contributed by atoms with Gasteiger partial charge in [0, 0.05) is 12.6 Å². The van der Waals surface area contributed by atoms with E-state index in [-0.39, 0.29) is 21.9 Å². The molecule has 11 heteroatoms. The number of hydrogen-bond acceptors (Lipinski definition) is 6. The van der Waals surface area contributed by atoms with E-state index in [1.807, 2.05) is 42.1 Å². The maximum atomic E-state index is 14.6. The number of nitrogens with zero attached hydrogens (tertiary/aromatic N) is 1. The van der Waals surface area contributed by atoms with Crippen LogP contribution in [0.2, 0.25) is 5.02 Å². The van der Waals surface area contributed by atoms with E-state index in [1.54, 1.807) is 0 Å². The second kappa shape index (κ2) is 9.69. The van der Waals surface area contributed by atoms with Crippen molar-refractivity contribution in [1.82, 2.24) is 10.3 Å². The van der Waals surface area contributed by atoms with Gasteiger partial charge in [0.05, 0.1) is 16.9 Å². The molecule has 0 saturated carbocycles. The minimum Gasteiger partial charge on any atom is -0.382 e. The van der Waals surface area contributed by atoms with E-state index in [1.165, 1.54) is 0 Å². The molecule has 0 fully saturated rings. The number of likely N-dealkylation sites (N-methyl/N-ethyl adjacent to an activating group) is 1. The molecule has 0 saturated heterocycles. The van der Waals surface area contributed by atoms with E-state index >= 15 is 0 Å². The lowest BCUT2D eigenvalue weighted by Gasteiger charge is -2.19. The molecule has 1 unspecified atom stereocenters. The lowest BCUT2D eigenvalue weighted by Crippen LogP contribution is -2.34. The number of hydrogen-bond donors (Lipinski definition) is 3. The van der Waals surface area contributed by atoms with Crippen LogP contribution in [0, 0.1) is 10.9 Å². The maximum Gasteiger partial charge on any atom is 0.266 e. The van der Waals surface area contributed by atoms with Gasteiger partial charge < -0.3 is 10.6 Å². The smallest absolute Gasteiger partial charge is 0.266 e. The molecule has 0 aliphatic carbocycles. The van der Waals surface area contributed by atoms with Crippen LogP contribution in [-0.2, 0) is 16.4 Å². The van der Waals surface area contributed by atoms with Crippen molar-refractivity contribution in [2.45, 2.75) is 17.4 Å². The predicted molar refractivity (Wildman–Crippen MR) is 116 cm³/mol. The van der Waals surface area contributed by atoms with Gasteiger partial charge in [-0.1, -0.05) is 53.3 Å². The minimum absolute atomic E-state index is 0.0383. The number of nitrogens with one attached hydrogen (secondary N) is 3. The first-order chi connectivity index (χ1) is 14.3. The highest BCUT2D eigenvalue weighted by Crippen LogP contribution is 2.30. The first-order valence-corrected chi connectivity index (χ1v) is 11.5. The molecule has 0 aliphatic heterocycles. The fourth-order valence-corrected chi connectivity index (χ4v) is 4.92. The first-order valence-electron chi connectivity index (χ1n) is 8.86. The molecule has 0 spiro atoms. The average molecular weight is 473 g/mol. The van der Waals surface area contributed by atoms with Crippen LogP contribution in [0.4, 0.5) is 19.6 Å². The molecule has 1 aromatic heterocycles. The molecule has 2 aromatic carbocycles. The SMILES string of the molecule is CNC(CNc1cc(F)c(S(=O)(=O)Nc2ncc(F)s2)cc1Cl)Cc1ccccc1. The van der Waals surface area contributed by atoms with Crippen molar-refractivity contribution < 1.29 is 17.2 Å². The standard InChI is InChI=1S/C19H19ClF2N4O2S2/c1-23-13(7-12-5-3-2-4-6-12)10-24-16-9-15(21)17(8-14(16)20)30(27,28)26-19-25-11-18(22)29-19/h2-6,8-9,11,13,23-24H,7,10H2,1H3,(H,25,26). The van der Waals surface area contributed by atoms with E-state index in [2.05, 4.69) is 15.6 Å². The second-order valence-corrected chi connectivity index (χ2v) is 9.43. The highest BCUT2D eigenvalue weighted by molar-refractivity contribution is 7.93. The van der Waals surface area contributed by atoms with E-state index in [0.29, 0.717) is 17.9 Å². The third kappa shape index (κ3) is 5.66. The Kier molecular flexibility index (Phi) is 7.24. The van der Waals surface area contributed by atoms with Crippen LogP contribution in [0.25, 0.3) is 0 Å². The molecule has 30 heavy (non-hydrogen) atoms. The molecule has 0 aliphatic rings. The van der Waals surface area contributed by atoms with E-state index in [4.69, 9.17) is 11.6 Å². The van der Waals surface area contributed by atoms with Crippen LogP contribution in [0.15, 0.2) is 53.6 Å². The van der Waals surface area contributed by atoms with Gasteiger partial charge in [0.25, 0.3) is 10.0 Å². The van der Waals surface area contributed by atoms with Crippen molar-refractivity contribution in [3.05, 3.63) is 70.2 Å². The maximum absolute atomic E-state index is 14.6. The number of rotatable bonds is 9. The fourth-order valence-electron chi connectivity index (χ4n) is 2.75. The van der Waals surface area contributed by atoms with Gasteiger partial charge in [0.2, 0.25) is 0 Å². The molecular formula is C19H19ClF2N4O2S2. The van der Waals surface area contributed by atoms with Crippen molar-refractivity contribution in [3.63, 3.8) is 0 Å². The molecule has 0 amide bonds. The van der Waals surface area contributed by atoms with Crippen molar-refractivity contribution in [2.75, 3.05) is 23.6 Å². The summed E-state index contributed by atoms with van der Waals surface area (Å²) in [5.41, 5.74) is 1.41. The van der Waals surface area contributed by atoms with Gasteiger partial charge in [-0.05, 0) is 31.2 Å². The zero-order chi connectivity index (χ0) is 21.7. The monoisotopic (exact) mass is 472 g/mol. The number of thiazole rings is 1. The average Bonchev–Trinajstić information content (AvgIpc) is 3.11. The predicted octanol–water partition coefficient (Wildman–Crippen LogP) is 4.12. The summed E-state index contributed by atoms with van der Waals surface area (Å²) in [6.07, 6.45) is 1.61. The van der Waals surface area contributed by atoms with Crippen molar-refractivity contribution in [3.8, 4) is 0 Å². The van der Waals surface area contributed by atoms with Gasteiger partial charge in [0.1, 0.15) is 10.7 Å². The summed E-state index contributed by atoms with van der Waals surface area (Å²) < 4.78 is 54.5. The molecule has 0 radical (unpaired) electrons. The Morgan fingerprint density at radius 3 is 2.57 bits per heavy atom. The summed E-state index contributed by atoms with van der Waals surface area (Å²) in [7, 11) is -2.50. The summed E-state index contributed by atoms with van der Waals surface area (Å²) in [5.74, 6) is -0.990.